The van der Waals surface area contributed by atoms with E-state index in [9.17, 15) is 0 Å². The molecule has 0 amide bonds. The van der Waals surface area contributed by atoms with Crippen molar-refractivity contribution in [2.24, 2.45) is 5.92 Å². The van der Waals surface area contributed by atoms with Crippen LogP contribution in [0.5, 0.6) is 0 Å². The molecule has 1 aromatic carbocycles. The maximum Gasteiger partial charge on any atom is 0.247 e. The van der Waals surface area contributed by atoms with Gasteiger partial charge in [-0.05, 0) is 30.9 Å². The summed E-state index contributed by atoms with van der Waals surface area (Å²) in [6.45, 7) is 2.70. The van der Waals surface area contributed by atoms with Crippen LogP contribution >= 0.6 is 0 Å². The Labute approximate surface area is 119 Å². The Balaban J connectivity index is 1.58. The van der Waals surface area contributed by atoms with Crippen LogP contribution in [-0.4, -0.2) is 16.3 Å². The molecule has 4 nitrogen and oxygen atoms in total. The summed E-state index contributed by atoms with van der Waals surface area (Å²) in [5.74, 6) is 1.87. The normalized spacial score (nSPS) is 22.9. The Morgan fingerprint density at radius 1 is 1.20 bits per heavy atom. The van der Waals surface area contributed by atoms with Crippen LogP contribution in [0.2, 0.25) is 0 Å². The van der Waals surface area contributed by atoms with Crippen LogP contribution in [0.1, 0.15) is 38.5 Å². The third kappa shape index (κ3) is 3.25. The number of nitrogens with zero attached hydrogens (tertiary/aromatic N) is 2. The van der Waals surface area contributed by atoms with Crippen molar-refractivity contribution in [2.75, 3.05) is 0 Å². The molecule has 106 valence electrons. The predicted molar refractivity (Wildman–Crippen MR) is 75.9 cm³/mol. The van der Waals surface area contributed by atoms with Crippen molar-refractivity contribution in [3.8, 4) is 11.5 Å². The van der Waals surface area contributed by atoms with E-state index in [0.29, 0.717) is 24.5 Å². The first kappa shape index (κ1) is 13.3. The maximum atomic E-state index is 5.89. The number of hydrogen-bond donors (Lipinski definition) is 0. The lowest BCUT2D eigenvalue weighted by molar-refractivity contribution is -0.00444. The molecule has 0 bridgehead atoms. The second-order valence-electron chi connectivity index (χ2n) is 5.57. The minimum absolute atomic E-state index is 0.339. The number of hydrogen-bond acceptors (Lipinski definition) is 4. The van der Waals surface area contributed by atoms with Gasteiger partial charge >= 0.3 is 0 Å². The van der Waals surface area contributed by atoms with Gasteiger partial charge in [0.05, 0.1) is 6.10 Å². The van der Waals surface area contributed by atoms with E-state index >= 15 is 0 Å². The van der Waals surface area contributed by atoms with E-state index in [1.54, 1.807) is 0 Å². The van der Waals surface area contributed by atoms with Crippen LogP contribution in [0.25, 0.3) is 11.5 Å². The second kappa shape index (κ2) is 6.18. The highest BCUT2D eigenvalue weighted by Gasteiger charge is 2.20. The van der Waals surface area contributed by atoms with Gasteiger partial charge in [-0.15, -0.1) is 10.2 Å². The van der Waals surface area contributed by atoms with Crippen LogP contribution in [0, 0.1) is 5.92 Å². The summed E-state index contributed by atoms with van der Waals surface area (Å²) in [4.78, 5) is 0. The molecule has 0 unspecified atom stereocenters. The summed E-state index contributed by atoms with van der Waals surface area (Å²) >= 11 is 0. The van der Waals surface area contributed by atoms with Gasteiger partial charge in [0.1, 0.15) is 6.61 Å². The number of ether oxygens (including phenoxy) is 1. The average Bonchev–Trinajstić information content (AvgIpc) is 2.95. The largest absolute Gasteiger partial charge is 0.418 e. The lowest BCUT2D eigenvalue weighted by Crippen LogP contribution is -2.21. The van der Waals surface area contributed by atoms with Crippen LogP contribution in [0.15, 0.2) is 34.7 Å². The first-order valence-electron chi connectivity index (χ1n) is 7.30. The Hall–Kier alpha value is -1.68. The molecule has 0 N–H and O–H groups in total. The summed E-state index contributed by atoms with van der Waals surface area (Å²) in [6, 6.07) is 9.80. The second-order valence-corrected chi connectivity index (χ2v) is 5.57. The minimum atomic E-state index is 0.339. The zero-order valence-corrected chi connectivity index (χ0v) is 11.8. The van der Waals surface area contributed by atoms with Crippen molar-refractivity contribution in [1.29, 1.82) is 0 Å². The standard InChI is InChI=1S/C16H20N2O2/c1-12-6-5-9-14(10-12)19-11-15-17-18-16(20-15)13-7-3-2-4-8-13/h2-4,7-8,12,14H,5-6,9-11H2,1H3/t12-,14+/m1/s1. The molecule has 0 radical (unpaired) electrons. The van der Waals surface area contributed by atoms with E-state index in [0.717, 1.165) is 24.3 Å². The molecule has 1 aliphatic rings. The van der Waals surface area contributed by atoms with E-state index in [-0.39, 0.29) is 0 Å². The highest BCUT2D eigenvalue weighted by atomic mass is 16.5. The Morgan fingerprint density at radius 2 is 2.05 bits per heavy atom. The fraction of sp³-hybridized carbons (Fsp3) is 0.500. The van der Waals surface area contributed by atoms with Gasteiger partial charge in [0.15, 0.2) is 0 Å². The lowest BCUT2D eigenvalue weighted by atomic mass is 9.89. The maximum absolute atomic E-state index is 5.89. The van der Waals surface area contributed by atoms with Gasteiger partial charge in [-0.1, -0.05) is 38.0 Å². The van der Waals surface area contributed by atoms with Crippen LogP contribution in [-0.2, 0) is 11.3 Å². The van der Waals surface area contributed by atoms with E-state index in [2.05, 4.69) is 17.1 Å². The molecule has 1 fully saturated rings. The molecular weight excluding hydrogens is 252 g/mol. The van der Waals surface area contributed by atoms with Crippen LogP contribution in [0.3, 0.4) is 0 Å². The smallest absolute Gasteiger partial charge is 0.247 e. The monoisotopic (exact) mass is 272 g/mol. The van der Waals surface area contributed by atoms with Gasteiger partial charge in [0, 0.05) is 5.56 Å². The lowest BCUT2D eigenvalue weighted by Gasteiger charge is -2.26. The SMILES string of the molecule is C[C@@H]1CCC[C@H](OCc2nnc(-c3ccccc3)o2)C1. The summed E-state index contributed by atoms with van der Waals surface area (Å²) in [5.41, 5.74) is 0.942. The third-order valence-corrected chi connectivity index (χ3v) is 3.82. The fourth-order valence-electron chi connectivity index (χ4n) is 2.73. The van der Waals surface area contributed by atoms with Crippen molar-refractivity contribution < 1.29 is 9.15 Å². The molecule has 0 aliphatic heterocycles. The Kier molecular flexibility index (Phi) is 4.11. The molecule has 4 heteroatoms. The molecule has 20 heavy (non-hydrogen) atoms. The zero-order chi connectivity index (χ0) is 13.8. The van der Waals surface area contributed by atoms with Gasteiger partial charge < -0.3 is 9.15 Å². The Bertz CT molecular complexity index is 538. The highest BCUT2D eigenvalue weighted by molar-refractivity contribution is 5.51. The molecule has 3 rings (SSSR count). The van der Waals surface area contributed by atoms with Gasteiger partial charge in [0.25, 0.3) is 0 Å². The van der Waals surface area contributed by atoms with Crippen molar-refractivity contribution in [3.05, 3.63) is 36.2 Å². The summed E-state index contributed by atoms with van der Waals surface area (Å²) in [5, 5.41) is 8.12. The van der Waals surface area contributed by atoms with Crippen molar-refractivity contribution in [3.63, 3.8) is 0 Å². The van der Waals surface area contributed by atoms with E-state index in [4.69, 9.17) is 9.15 Å². The summed E-state index contributed by atoms with van der Waals surface area (Å²) in [7, 11) is 0. The van der Waals surface area contributed by atoms with E-state index in [1.807, 2.05) is 30.3 Å². The number of benzene rings is 1. The van der Waals surface area contributed by atoms with Crippen molar-refractivity contribution in [1.82, 2.24) is 10.2 Å². The van der Waals surface area contributed by atoms with E-state index in [1.165, 1.54) is 12.8 Å². The topological polar surface area (TPSA) is 48.2 Å². The molecule has 1 saturated carbocycles. The molecular formula is C16H20N2O2. The molecule has 2 aromatic rings. The van der Waals surface area contributed by atoms with Crippen molar-refractivity contribution >= 4 is 0 Å². The molecule has 0 saturated heterocycles. The quantitative estimate of drug-likeness (QED) is 0.848. The Morgan fingerprint density at radius 3 is 2.85 bits per heavy atom. The summed E-state index contributed by atoms with van der Waals surface area (Å²) in [6.07, 6.45) is 5.19. The molecule has 0 spiro atoms. The van der Waals surface area contributed by atoms with Gasteiger partial charge in [-0.3, -0.25) is 0 Å². The van der Waals surface area contributed by atoms with Crippen molar-refractivity contribution in [2.45, 2.75) is 45.3 Å². The number of aromatic nitrogens is 2. The van der Waals surface area contributed by atoms with Crippen LogP contribution in [0.4, 0.5) is 0 Å². The fourth-order valence-corrected chi connectivity index (χ4v) is 2.73. The van der Waals surface area contributed by atoms with E-state index < -0.39 is 0 Å². The molecule has 2 atom stereocenters. The van der Waals surface area contributed by atoms with Crippen LogP contribution < -0.4 is 0 Å². The molecule has 1 aromatic heterocycles. The highest BCUT2D eigenvalue weighted by Crippen LogP contribution is 2.26. The molecule has 1 heterocycles. The predicted octanol–water partition coefficient (Wildman–Crippen LogP) is 3.83. The third-order valence-electron chi connectivity index (χ3n) is 3.82. The first-order chi connectivity index (χ1) is 9.81. The number of rotatable bonds is 4. The minimum Gasteiger partial charge on any atom is -0.418 e. The molecule has 1 aliphatic carbocycles. The van der Waals surface area contributed by atoms with Gasteiger partial charge in [0.2, 0.25) is 11.8 Å². The average molecular weight is 272 g/mol. The first-order valence-corrected chi connectivity index (χ1v) is 7.30. The van der Waals surface area contributed by atoms with Gasteiger partial charge in [-0.25, -0.2) is 0 Å². The van der Waals surface area contributed by atoms with Gasteiger partial charge in [-0.2, -0.15) is 0 Å². The summed E-state index contributed by atoms with van der Waals surface area (Å²) < 4.78 is 11.5. The zero-order valence-electron chi connectivity index (χ0n) is 11.8.